The molecule has 1 amide bonds. The standard InChI is InChI=1S/C21H22F3NO5/c1-4-5-10-29-16-9-6-13(11-17(16)28-3)21(27)30-12(2)20(26)25-15-8-7-14(22)18(23)19(15)24/h6-9,11-12H,4-5,10H2,1-3H3,(H,25,26). The van der Waals surface area contributed by atoms with Crippen molar-refractivity contribution in [2.75, 3.05) is 19.0 Å². The number of ether oxygens (including phenoxy) is 3. The molecule has 0 heterocycles. The molecular weight excluding hydrogens is 403 g/mol. The maximum atomic E-state index is 13.7. The van der Waals surface area contributed by atoms with Crippen LogP contribution in [0.2, 0.25) is 0 Å². The van der Waals surface area contributed by atoms with Crippen molar-refractivity contribution in [2.45, 2.75) is 32.8 Å². The molecule has 0 aliphatic rings. The molecule has 0 saturated heterocycles. The van der Waals surface area contributed by atoms with Crippen molar-refractivity contribution in [3.63, 3.8) is 0 Å². The van der Waals surface area contributed by atoms with Gasteiger partial charge in [-0.05, 0) is 43.7 Å². The third-order valence-electron chi connectivity index (χ3n) is 4.10. The molecule has 0 bridgehead atoms. The third kappa shape index (κ3) is 5.65. The minimum atomic E-state index is -1.72. The SMILES string of the molecule is CCCCOc1ccc(C(=O)OC(C)C(=O)Nc2ccc(F)c(F)c2F)cc1OC. The molecule has 162 valence electrons. The summed E-state index contributed by atoms with van der Waals surface area (Å²) in [5.74, 6) is -5.62. The maximum absolute atomic E-state index is 13.7. The number of anilines is 1. The molecular formula is C21H22F3NO5. The number of unbranched alkanes of at least 4 members (excludes halogenated alkanes) is 1. The fourth-order valence-corrected chi connectivity index (χ4v) is 2.38. The summed E-state index contributed by atoms with van der Waals surface area (Å²) >= 11 is 0. The Bertz CT molecular complexity index is 920. The molecule has 0 spiro atoms. The summed E-state index contributed by atoms with van der Waals surface area (Å²) in [7, 11) is 1.42. The van der Waals surface area contributed by atoms with Crippen molar-refractivity contribution >= 4 is 17.6 Å². The summed E-state index contributed by atoms with van der Waals surface area (Å²) in [6, 6.07) is 5.94. The topological polar surface area (TPSA) is 73.9 Å². The summed E-state index contributed by atoms with van der Waals surface area (Å²) in [4.78, 5) is 24.5. The van der Waals surface area contributed by atoms with Crippen LogP contribution in [0.1, 0.15) is 37.0 Å². The molecule has 1 atom stereocenters. The molecule has 0 saturated carbocycles. The lowest BCUT2D eigenvalue weighted by molar-refractivity contribution is -0.123. The van der Waals surface area contributed by atoms with Crippen LogP contribution in [0, 0.1) is 17.5 Å². The van der Waals surface area contributed by atoms with Crippen LogP contribution in [0.4, 0.5) is 18.9 Å². The van der Waals surface area contributed by atoms with E-state index in [9.17, 15) is 22.8 Å². The fourth-order valence-electron chi connectivity index (χ4n) is 2.38. The zero-order valence-corrected chi connectivity index (χ0v) is 16.8. The van der Waals surface area contributed by atoms with Gasteiger partial charge in [-0.15, -0.1) is 0 Å². The van der Waals surface area contributed by atoms with Crippen LogP contribution < -0.4 is 14.8 Å². The molecule has 0 aliphatic heterocycles. The van der Waals surface area contributed by atoms with Gasteiger partial charge < -0.3 is 19.5 Å². The molecule has 0 fully saturated rings. The van der Waals surface area contributed by atoms with Crippen molar-refractivity contribution in [3.8, 4) is 11.5 Å². The van der Waals surface area contributed by atoms with E-state index in [1.165, 1.54) is 26.2 Å². The van der Waals surface area contributed by atoms with E-state index >= 15 is 0 Å². The van der Waals surface area contributed by atoms with Crippen LogP contribution in [-0.2, 0) is 9.53 Å². The Morgan fingerprint density at radius 1 is 1.07 bits per heavy atom. The second-order valence-corrected chi connectivity index (χ2v) is 6.33. The van der Waals surface area contributed by atoms with Crippen LogP contribution in [0.15, 0.2) is 30.3 Å². The fraction of sp³-hybridized carbons (Fsp3) is 0.333. The van der Waals surface area contributed by atoms with Crippen LogP contribution in [0.5, 0.6) is 11.5 Å². The van der Waals surface area contributed by atoms with Crippen LogP contribution in [-0.4, -0.2) is 31.7 Å². The number of esters is 1. The number of nitrogens with one attached hydrogen (secondary N) is 1. The minimum absolute atomic E-state index is 0.105. The molecule has 6 nitrogen and oxygen atoms in total. The molecule has 1 N–H and O–H groups in total. The molecule has 0 aliphatic carbocycles. The van der Waals surface area contributed by atoms with Gasteiger partial charge in [-0.3, -0.25) is 4.79 Å². The van der Waals surface area contributed by atoms with E-state index in [4.69, 9.17) is 14.2 Å². The second kappa shape index (κ2) is 10.5. The van der Waals surface area contributed by atoms with Gasteiger partial charge in [-0.1, -0.05) is 13.3 Å². The van der Waals surface area contributed by atoms with E-state index in [2.05, 4.69) is 5.32 Å². The third-order valence-corrected chi connectivity index (χ3v) is 4.10. The summed E-state index contributed by atoms with van der Waals surface area (Å²) in [6.07, 6.45) is 0.482. The summed E-state index contributed by atoms with van der Waals surface area (Å²) in [5, 5.41) is 2.05. The van der Waals surface area contributed by atoms with Gasteiger partial charge in [-0.2, -0.15) is 0 Å². The molecule has 2 aromatic carbocycles. The Balaban J connectivity index is 2.04. The van der Waals surface area contributed by atoms with Crippen molar-refractivity contribution < 1.29 is 37.0 Å². The summed E-state index contributed by atoms with van der Waals surface area (Å²) in [5.41, 5.74) is -0.467. The van der Waals surface area contributed by atoms with E-state index in [-0.39, 0.29) is 5.56 Å². The number of rotatable bonds is 9. The first-order valence-corrected chi connectivity index (χ1v) is 9.24. The smallest absolute Gasteiger partial charge is 0.339 e. The van der Waals surface area contributed by atoms with Crippen molar-refractivity contribution in [2.24, 2.45) is 0 Å². The highest BCUT2D eigenvalue weighted by Gasteiger charge is 2.22. The Morgan fingerprint density at radius 3 is 2.47 bits per heavy atom. The maximum Gasteiger partial charge on any atom is 0.339 e. The van der Waals surface area contributed by atoms with E-state index < -0.39 is 41.1 Å². The summed E-state index contributed by atoms with van der Waals surface area (Å²) < 4.78 is 55.8. The largest absolute Gasteiger partial charge is 0.493 e. The van der Waals surface area contributed by atoms with E-state index in [1.54, 1.807) is 6.07 Å². The lowest BCUT2D eigenvalue weighted by Gasteiger charge is -2.15. The van der Waals surface area contributed by atoms with Crippen molar-refractivity contribution in [1.82, 2.24) is 0 Å². The molecule has 2 aromatic rings. The summed E-state index contributed by atoms with van der Waals surface area (Å²) in [6.45, 7) is 3.77. The van der Waals surface area contributed by atoms with Crippen LogP contribution >= 0.6 is 0 Å². The van der Waals surface area contributed by atoms with E-state index in [1.807, 2.05) is 6.92 Å². The van der Waals surface area contributed by atoms with Gasteiger partial charge in [0.2, 0.25) is 0 Å². The number of carbonyl (C=O) groups is 2. The zero-order chi connectivity index (χ0) is 22.3. The predicted molar refractivity (Wildman–Crippen MR) is 103 cm³/mol. The Labute approximate surface area is 171 Å². The molecule has 0 radical (unpaired) electrons. The number of hydrogen-bond donors (Lipinski definition) is 1. The Hall–Kier alpha value is -3.23. The van der Waals surface area contributed by atoms with Gasteiger partial charge in [0, 0.05) is 0 Å². The number of carbonyl (C=O) groups excluding carboxylic acids is 2. The Kier molecular flexibility index (Phi) is 8.08. The van der Waals surface area contributed by atoms with E-state index in [0.717, 1.165) is 18.9 Å². The highest BCUT2D eigenvalue weighted by atomic mass is 19.2. The first kappa shape index (κ1) is 23.1. The van der Waals surface area contributed by atoms with Gasteiger partial charge in [0.25, 0.3) is 5.91 Å². The molecule has 0 aromatic heterocycles. The minimum Gasteiger partial charge on any atom is -0.493 e. The van der Waals surface area contributed by atoms with Gasteiger partial charge in [0.1, 0.15) is 0 Å². The second-order valence-electron chi connectivity index (χ2n) is 6.33. The molecule has 9 heteroatoms. The van der Waals surface area contributed by atoms with Gasteiger partial charge in [0.15, 0.2) is 35.1 Å². The van der Waals surface area contributed by atoms with Crippen LogP contribution in [0.25, 0.3) is 0 Å². The lowest BCUT2D eigenvalue weighted by atomic mass is 10.2. The highest BCUT2D eigenvalue weighted by Crippen LogP contribution is 2.29. The Morgan fingerprint density at radius 2 is 1.80 bits per heavy atom. The number of halogens is 3. The average Bonchev–Trinajstić information content (AvgIpc) is 2.74. The molecule has 2 rings (SSSR count). The quantitative estimate of drug-likeness (QED) is 0.364. The lowest BCUT2D eigenvalue weighted by Crippen LogP contribution is -2.30. The average molecular weight is 425 g/mol. The zero-order valence-electron chi connectivity index (χ0n) is 16.8. The normalized spacial score (nSPS) is 11.5. The molecule has 30 heavy (non-hydrogen) atoms. The highest BCUT2D eigenvalue weighted by molar-refractivity contribution is 5.97. The first-order valence-electron chi connectivity index (χ1n) is 9.24. The number of methoxy groups -OCH3 is 1. The monoisotopic (exact) mass is 425 g/mol. The van der Waals surface area contributed by atoms with Crippen molar-refractivity contribution in [3.05, 3.63) is 53.3 Å². The van der Waals surface area contributed by atoms with Crippen LogP contribution in [0.3, 0.4) is 0 Å². The molecule has 1 unspecified atom stereocenters. The number of amides is 1. The van der Waals surface area contributed by atoms with E-state index in [0.29, 0.717) is 24.2 Å². The van der Waals surface area contributed by atoms with Gasteiger partial charge in [0.05, 0.1) is 25.0 Å². The van der Waals surface area contributed by atoms with Gasteiger partial charge in [-0.25, -0.2) is 18.0 Å². The number of hydrogen-bond acceptors (Lipinski definition) is 5. The van der Waals surface area contributed by atoms with Gasteiger partial charge >= 0.3 is 5.97 Å². The number of benzene rings is 2. The predicted octanol–water partition coefficient (Wildman–Crippen LogP) is 4.48. The van der Waals surface area contributed by atoms with Crippen molar-refractivity contribution in [1.29, 1.82) is 0 Å². The first-order chi connectivity index (χ1) is 14.3.